The van der Waals surface area contributed by atoms with Crippen LogP contribution < -0.4 is 14.4 Å². The summed E-state index contributed by atoms with van der Waals surface area (Å²) in [6, 6.07) is 11.8. The number of rotatable bonds is 12. The van der Waals surface area contributed by atoms with E-state index >= 15 is 0 Å². The third-order valence-electron chi connectivity index (χ3n) is 5.88. The molecule has 2 amide bonds. The van der Waals surface area contributed by atoms with Crippen LogP contribution >= 0.6 is 0 Å². The van der Waals surface area contributed by atoms with Crippen LogP contribution in [0.1, 0.15) is 37.0 Å². The van der Waals surface area contributed by atoms with Gasteiger partial charge in [0.1, 0.15) is 18.3 Å². The Morgan fingerprint density at radius 2 is 1.69 bits per heavy atom. The standard InChI is InChI=1S/C26H38N4O5S/c1-8-15-27-26(32)21(4)29(17-22-11-13-23(35-7)14-12-22)25(31)18-30(36(33,34)28(5)6)24-16-19(2)9-10-20(24)3/h9-14,16,21H,8,15,17-18H2,1-7H3,(H,27,32). The predicted octanol–water partition coefficient (Wildman–Crippen LogP) is 2.87. The lowest BCUT2D eigenvalue weighted by molar-refractivity contribution is -0.139. The summed E-state index contributed by atoms with van der Waals surface area (Å²) in [6.45, 7) is 7.42. The zero-order valence-electron chi connectivity index (χ0n) is 22.2. The molecule has 0 aliphatic heterocycles. The van der Waals surface area contributed by atoms with E-state index in [4.69, 9.17) is 4.74 Å². The van der Waals surface area contributed by atoms with Crippen molar-refractivity contribution in [2.75, 3.05) is 38.6 Å². The van der Waals surface area contributed by atoms with Crippen LogP contribution in [0.5, 0.6) is 5.75 Å². The molecule has 0 aromatic heterocycles. The third kappa shape index (κ3) is 7.20. The van der Waals surface area contributed by atoms with Gasteiger partial charge in [-0.2, -0.15) is 12.7 Å². The smallest absolute Gasteiger partial charge is 0.304 e. The average Bonchev–Trinajstić information content (AvgIpc) is 2.85. The number of aryl methyl sites for hydroxylation is 2. The number of amides is 2. The lowest BCUT2D eigenvalue weighted by Crippen LogP contribution is -2.52. The molecular weight excluding hydrogens is 480 g/mol. The van der Waals surface area contributed by atoms with Gasteiger partial charge in [0.05, 0.1) is 12.8 Å². The molecule has 0 saturated carbocycles. The zero-order chi connectivity index (χ0) is 27.0. The molecule has 0 spiro atoms. The van der Waals surface area contributed by atoms with Crippen LogP contribution in [0.2, 0.25) is 0 Å². The Morgan fingerprint density at radius 3 is 2.25 bits per heavy atom. The van der Waals surface area contributed by atoms with Crippen LogP contribution in [0, 0.1) is 13.8 Å². The topological polar surface area (TPSA) is 99.3 Å². The van der Waals surface area contributed by atoms with E-state index in [1.165, 1.54) is 19.0 Å². The summed E-state index contributed by atoms with van der Waals surface area (Å²) >= 11 is 0. The number of hydrogen-bond donors (Lipinski definition) is 1. The molecule has 0 bridgehead atoms. The number of methoxy groups -OCH3 is 1. The van der Waals surface area contributed by atoms with Crippen molar-refractivity contribution < 1.29 is 22.7 Å². The molecule has 2 rings (SSSR count). The molecule has 1 N–H and O–H groups in total. The van der Waals surface area contributed by atoms with Crippen LogP contribution in [-0.4, -0.2) is 69.8 Å². The minimum absolute atomic E-state index is 0.131. The summed E-state index contributed by atoms with van der Waals surface area (Å²) in [5.41, 5.74) is 2.79. The molecule has 1 unspecified atom stereocenters. The van der Waals surface area contributed by atoms with Gasteiger partial charge in [-0.3, -0.25) is 9.59 Å². The number of benzene rings is 2. The number of carbonyl (C=O) groups is 2. The third-order valence-corrected chi connectivity index (χ3v) is 7.69. The van der Waals surface area contributed by atoms with Crippen molar-refractivity contribution >= 4 is 27.7 Å². The number of nitrogens with zero attached hydrogens (tertiary/aromatic N) is 3. The van der Waals surface area contributed by atoms with Crippen LogP contribution in [0.15, 0.2) is 42.5 Å². The second-order valence-electron chi connectivity index (χ2n) is 8.92. The monoisotopic (exact) mass is 518 g/mol. The molecule has 0 saturated heterocycles. The van der Waals surface area contributed by atoms with Crippen LogP contribution in [0.3, 0.4) is 0 Å². The maximum absolute atomic E-state index is 13.7. The highest BCUT2D eigenvalue weighted by Crippen LogP contribution is 2.26. The van der Waals surface area contributed by atoms with Crippen molar-refractivity contribution in [3.05, 3.63) is 59.2 Å². The Bertz CT molecular complexity index is 1150. The zero-order valence-corrected chi connectivity index (χ0v) is 23.1. The minimum Gasteiger partial charge on any atom is -0.497 e. The highest BCUT2D eigenvalue weighted by Gasteiger charge is 2.33. The maximum Gasteiger partial charge on any atom is 0.304 e. The van der Waals surface area contributed by atoms with Gasteiger partial charge < -0.3 is 15.0 Å². The van der Waals surface area contributed by atoms with Crippen LogP contribution in [-0.2, 0) is 26.3 Å². The highest BCUT2D eigenvalue weighted by molar-refractivity contribution is 7.90. The molecule has 198 valence electrons. The summed E-state index contributed by atoms with van der Waals surface area (Å²) in [6.07, 6.45) is 0.756. The van der Waals surface area contributed by atoms with Gasteiger partial charge in [0.25, 0.3) is 0 Å². The van der Waals surface area contributed by atoms with E-state index in [-0.39, 0.29) is 12.5 Å². The van der Waals surface area contributed by atoms with Gasteiger partial charge in [-0.15, -0.1) is 0 Å². The summed E-state index contributed by atoms with van der Waals surface area (Å²) in [5.74, 6) is -0.118. The number of nitrogens with one attached hydrogen (secondary N) is 1. The molecule has 36 heavy (non-hydrogen) atoms. The summed E-state index contributed by atoms with van der Waals surface area (Å²) in [4.78, 5) is 28.0. The van der Waals surface area contributed by atoms with Crippen molar-refractivity contribution in [2.24, 2.45) is 0 Å². The van der Waals surface area contributed by atoms with Gasteiger partial charge in [-0.1, -0.05) is 31.2 Å². The molecule has 10 heteroatoms. The van der Waals surface area contributed by atoms with Gasteiger partial charge in [-0.05, 0) is 62.1 Å². The van der Waals surface area contributed by atoms with Gasteiger partial charge in [-0.25, -0.2) is 4.31 Å². The molecule has 0 heterocycles. The van der Waals surface area contributed by atoms with Crippen molar-refractivity contribution in [1.82, 2.24) is 14.5 Å². The fourth-order valence-electron chi connectivity index (χ4n) is 3.60. The first kappa shape index (κ1) is 29.1. The van der Waals surface area contributed by atoms with Crippen molar-refractivity contribution in [3.63, 3.8) is 0 Å². The van der Waals surface area contributed by atoms with Gasteiger partial charge in [0.2, 0.25) is 11.8 Å². The van der Waals surface area contributed by atoms with Gasteiger partial charge >= 0.3 is 10.2 Å². The number of anilines is 1. The molecule has 0 radical (unpaired) electrons. The Kier molecular flexibility index (Phi) is 10.3. The first-order chi connectivity index (χ1) is 16.9. The second-order valence-corrected chi connectivity index (χ2v) is 11.0. The van der Waals surface area contributed by atoms with E-state index in [1.54, 1.807) is 39.2 Å². The molecule has 0 aliphatic carbocycles. The van der Waals surface area contributed by atoms with Gasteiger partial charge in [0, 0.05) is 27.2 Å². The predicted molar refractivity (Wildman–Crippen MR) is 142 cm³/mol. The average molecular weight is 519 g/mol. The molecule has 1 atom stereocenters. The lowest BCUT2D eigenvalue weighted by atomic mass is 10.1. The van der Waals surface area contributed by atoms with E-state index in [0.29, 0.717) is 23.5 Å². The fraction of sp³-hybridized carbons (Fsp3) is 0.462. The number of carbonyl (C=O) groups excluding carboxylic acids is 2. The second kappa shape index (κ2) is 12.7. The first-order valence-corrected chi connectivity index (χ1v) is 13.3. The minimum atomic E-state index is -4.00. The SMILES string of the molecule is CCCNC(=O)C(C)N(Cc1ccc(OC)cc1)C(=O)CN(c1cc(C)ccc1C)S(=O)(=O)N(C)C. The first-order valence-electron chi connectivity index (χ1n) is 11.9. The number of ether oxygens (including phenoxy) is 1. The van der Waals surface area contributed by atoms with E-state index in [9.17, 15) is 18.0 Å². The molecule has 0 aliphatic rings. The van der Waals surface area contributed by atoms with Crippen molar-refractivity contribution in [3.8, 4) is 5.75 Å². The Hall–Kier alpha value is -3.11. The normalized spacial score (nSPS) is 12.2. The number of hydrogen-bond acceptors (Lipinski definition) is 5. The van der Waals surface area contributed by atoms with E-state index in [1.807, 2.05) is 38.1 Å². The largest absolute Gasteiger partial charge is 0.497 e. The van der Waals surface area contributed by atoms with E-state index in [0.717, 1.165) is 26.2 Å². The van der Waals surface area contributed by atoms with Crippen molar-refractivity contribution in [1.29, 1.82) is 0 Å². The van der Waals surface area contributed by atoms with Gasteiger partial charge in [0.15, 0.2) is 0 Å². The van der Waals surface area contributed by atoms with Crippen molar-refractivity contribution in [2.45, 2.75) is 46.7 Å². The molecule has 9 nitrogen and oxygen atoms in total. The Balaban J connectivity index is 2.48. The summed E-state index contributed by atoms with van der Waals surface area (Å²) in [5, 5.41) is 2.83. The highest BCUT2D eigenvalue weighted by atomic mass is 32.2. The summed E-state index contributed by atoms with van der Waals surface area (Å²) < 4.78 is 34.0. The van der Waals surface area contributed by atoms with E-state index in [2.05, 4.69) is 5.32 Å². The Labute approximate surface area is 215 Å². The maximum atomic E-state index is 13.7. The molecule has 2 aromatic carbocycles. The molecular formula is C26H38N4O5S. The van der Waals surface area contributed by atoms with Crippen LogP contribution in [0.4, 0.5) is 5.69 Å². The van der Waals surface area contributed by atoms with E-state index < -0.39 is 28.7 Å². The molecule has 2 aromatic rings. The molecule has 0 fully saturated rings. The Morgan fingerprint density at radius 1 is 1.06 bits per heavy atom. The lowest BCUT2D eigenvalue weighted by Gasteiger charge is -2.33. The fourth-order valence-corrected chi connectivity index (χ4v) is 4.71. The quantitative estimate of drug-likeness (QED) is 0.466. The summed E-state index contributed by atoms with van der Waals surface area (Å²) in [7, 11) is 0.417. The van der Waals surface area contributed by atoms with Crippen LogP contribution in [0.25, 0.3) is 0 Å².